The Labute approximate surface area is 177 Å². The number of benzene rings is 2. The van der Waals surface area contributed by atoms with Crippen LogP contribution in [0.15, 0.2) is 42.5 Å². The van der Waals surface area contributed by atoms with Crippen LogP contribution in [0.4, 0.5) is 5.69 Å². The molecule has 6 heteroatoms. The van der Waals surface area contributed by atoms with Gasteiger partial charge in [-0.3, -0.25) is 9.69 Å². The van der Waals surface area contributed by atoms with Crippen molar-refractivity contribution in [3.63, 3.8) is 0 Å². The van der Waals surface area contributed by atoms with Crippen LogP contribution in [0.1, 0.15) is 33.9 Å². The standard InChI is InChI=1S/C23H28ClN3O2/c1-26-10-2-3-18-15-19(6-9-21(18)26)22(27-11-13-29-14-12-27)16-25-23(28)17-4-7-20(24)8-5-17/h4-9,15,22H,2-3,10-14,16H2,1H3,(H,25,28)/t22-/m1/s1. The smallest absolute Gasteiger partial charge is 0.251 e. The van der Waals surface area contributed by atoms with Gasteiger partial charge in [0.2, 0.25) is 0 Å². The first-order valence-electron chi connectivity index (χ1n) is 10.3. The zero-order valence-corrected chi connectivity index (χ0v) is 17.6. The van der Waals surface area contributed by atoms with E-state index in [0.29, 0.717) is 17.1 Å². The molecule has 154 valence electrons. The topological polar surface area (TPSA) is 44.8 Å². The zero-order chi connectivity index (χ0) is 20.2. The van der Waals surface area contributed by atoms with Crippen LogP contribution < -0.4 is 10.2 Å². The summed E-state index contributed by atoms with van der Waals surface area (Å²) in [5.74, 6) is -0.0716. The molecule has 4 rings (SSSR count). The highest BCUT2D eigenvalue weighted by Crippen LogP contribution is 2.31. The van der Waals surface area contributed by atoms with Gasteiger partial charge in [0.05, 0.1) is 19.3 Å². The maximum absolute atomic E-state index is 12.6. The van der Waals surface area contributed by atoms with Gasteiger partial charge in [0.15, 0.2) is 0 Å². The van der Waals surface area contributed by atoms with Crippen molar-refractivity contribution in [1.82, 2.24) is 10.2 Å². The fourth-order valence-corrected chi connectivity index (χ4v) is 4.38. The molecule has 0 bridgehead atoms. The van der Waals surface area contributed by atoms with Crippen LogP contribution >= 0.6 is 11.6 Å². The van der Waals surface area contributed by atoms with Gasteiger partial charge in [-0.2, -0.15) is 0 Å². The molecule has 0 spiro atoms. The third-order valence-corrected chi connectivity index (χ3v) is 6.14. The molecule has 0 unspecified atom stereocenters. The lowest BCUT2D eigenvalue weighted by Crippen LogP contribution is -2.44. The second kappa shape index (κ2) is 9.16. The predicted molar refractivity (Wildman–Crippen MR) is 117 cm³/mol. The molecular weight excluding hydrogens is 386 g/mol. The predicted octanol–water partition coefficient (Wildman–Crippen LogP) is 3.53. The summed E-state index contributed by atoms with van der Waals surface area (Å²) in [4.78, 5) is 17.4. The molecule has 2 aromatic rings. The number of carbonyl (C=O) groups excluding carboxylic acids is 1. The second-order valence-corrected chi connectivity index (χ2v) is 8.23. The van der Waals surface area contributed by atoms with Crippen molar-refractivity contribution in [3.8, 4) is 0 Å². The van der Waals surface area contributed by atoms with Crippen molar-refractivity contribution in [1.29, 1.82) is 0 Å². The van der Waals surface area contributed by atoms with Gasteiger partial charge in [0.1, 0.15) is 0 Å². The van der Waals surface area contributed by atoms with E-state index in [1.54, 1.807) is 24.3 Å². The molecule has 2 aromatic carbocycles. The molecule has 1 amide bonds. The molecule has 1 saturated heterocycles. The number of morpholine rings is 1. The van der Waals surface area contributed by atoms with Crippen molar-refractivity contribution in [2.75, 3.05) is 51.3 Å². The molecule has 1 fully saturated rings. The number of amides is 1. The van der Waals surface area contributed by atoms with Crippen LogP contribution in [0.25, 0.3) is 0 Å². The van der Waals surface area contributed by atoms with Crippen molar-refractivity contribution >= 4 is 23.2 Å². The minimum atomic E-state index is -0.0716. The van der Waals surface area contributed by atoms with Crippen LogP contribution in [-0.2, 0) is 11.2 Å². The Morgan fingerprint density at radius 1 is 1.14 bits per heavy atom. The quantitative estimate of drug-likeness (QED) is 0.814. The third kappa shape index (κ3) is 4.74. The summed E-state index contributed by atoms with van der Waals surface area (Å²) in [7, 11) is 2.16. The van der Waals surface area contributed by atoms with Crippen molar-refractivity contribution in [3.05, 3.63) is 64.2 Å². The molecule has 29 heavy (non-hydrogen) atoms. The third-order valence-electron chi connectivity index (χ3n) is 5.89. The van der Waals surface area contributed by atoms with E-state index in [9.17, 15) is 4.79 Å². The Bertz CT molecular complexity index is 850. The lowest BCUT2D eigenvalue weighted by atomic mass is 9.95. The molecule has 1 atom stereocenters. The van der Waals surface area contributed by atoms with E-state index >= 15 is 0 Å². The van der Waals surface area contributed by atoms with Gasteiger partial charge in [0.25, 0.3) is 5.91 Å². The number of nitrogens with zero attached hydrogens (tertiary/aromatic N) is 2. The number of rotatable bonds is 5. The largest absolute Gasteiger partial charge is 0.379 e. The lowest BCUT2D eigenvalue weighted by Gasteiger charge is -2.36. The number of fused-ring (bicyclic) bond motifs is 1. The fraction of sp³-hybridized carbons (Fsp3) is 0.435. The van der Waals surface area contributed by atoms with Gasteiger partial charge in [-0.25, -0.2) is 0 Å². The van der Waals surface area contributed by atoms with Gasteiger partial charge in [-0.05, 0) is 54.3 Å². The van der Waals surface area contributed by atoms with E-state index in [2.05, 4.69) is 40.4 Å². The summed E-state index contributed by atoms with van der Waals surface area (Å²) < 4.78 is 5.55. The van der Waals surface area contributed by atoms with E-state index in [1.165, 1.54) is 23.2 Å². The van der Waals surface area contributed by atoms with Gasteiger partial charge in [0, 0.05) is 49.5 Å². The summed E-state index contributed by atoms with van der Waals surface area (Å²) in [6.45, 7) is 4.88. The van der Waals surface area contributed by atoms with Crippen molar-refractivity contribution in [2.24, 2.45) is 0 Å². The van der Waals surface area contributed by atoms with E-state index in [1.807, 2.05) is 0 Å². The van der Waals surface area contributed by atoms with E-state index in [0.717, 1.165) is 39.3 Å². The summed E-state index contributed by atoms with van der Waals surface area (Å²) >= 11 is 5.94. The van der Waals surface area contributed by atoms with Gasteiger partial charge >= 0.3 is 0 Å². The number of carbonyl (C=O) groups is 1. The van der Waals surface area contributed by atoms with Crippen LogP contribution in [0.5, 0.6) is 0 Å². The Kier molecular flexibility index (Phi) is 6.38. The average molecular weight is 414 g/mol. The van der Waals surface area contributed by atoms with Crippen LogP contribution in [0.2, 0.25) is 5.02 Å². The van der Waals surface area contributed by atoms with E-state index < -0.39 is 0 Å². The number of halogens is 1. The first kappa shape index (κ1) is 20.2. The summed E-state index contributed by atoms with van der Waals surface area (Å²) in [5.41, 5.74) is 4.61. The van der Waals surface area contributed by atoms with Crippen molar-refractivity contribution < 1.29 is 9.53 Å². The number of anilines is 1. The molecule has 1 N–H and O–H groups in total. The fourth-order valence-electron chi connectivity index (χ4n) is 4.25. The molecule has 0 radical (unpaired) electrons. The monoisotopic (exact) mass is 413 g/mol. The first-order chi connectivity index (χ1) is 14.1. The molecule has 5 nitrogen and oxygen atoms in total. The number of hydrogen-bond acceptors (Lipinski definition) is 4. The Morgan fingerprint density at radius 3 is 2.66 bits per heavy atom. The Morgan fingerprint density at radius 2 is 1.90 bits per heavy atom. The number of hydrogen-bond donors (Lipinski definition) is 1. The number of nitrogens with one attached hydrogen (secondary N) is 1. The molecule has 2 heterocycles. The Balaban J connectivity index is 1.53. The zero-order valence-electron chi connectivity index (χ0n) is 16.9. The van der Waals surface area contributed by atoms with Gasteiger partial charge in [-0.1, -0.05) is 23.7 Å². The molecule has 0 aromatic heterocycles. The average Bonchev–Trinajstić information content (AvgIpc) is 2.75. The Hall–Kier alpha value is -2.08. The highest BCUT2D eigenvalue weighted by molar-refractivity contribution is 6.30. The van der Waals surface area contributed by atoms with Crippen LogP contribution in [-0.4, -0.2) is 57.2 Å². The highest BCUT2D eigenvalue weighted by atomic mass is 35.5. The normalized spacial score (nSPS) is 18.2. The molecule has 0 aliphatic carbocycles. The molecule has 0 saturated carbocycles. The maximum Gasteiger partial charge on any atom is 0.251 e. The minimum absolute atomic E-state index is 0.0716. The number of ether oxygens (including phenoxy) is 1. The SMILES string of the molecule is CN1CCCc2cc([C@@H](CNC(=O)c3ccc(Cl)cc3)N3CCOCC3)ccc21. The van der Waals surface area contributed by atoms with Gasteiger partial charge in [-0.15, -0.1) is 0 Å². The number of aryl methyl sites for hydroxylation is 1. The second-order valence-electron chi connectivity index (χ2n) is 7.79. The molecule has 2 aliphatic rings. The maximum atomic E-state index is 12.6. The molecular formula is C23H28ClN3O2. The highest BCUT2D eigenvalue weighted by Gasteiger charge is 2.25. The summed E-state index contributed by atoms with van der Waals surface area (Å²) in [6.07, 6.45) is 2.29. The minimum Gasteiger partial charge on any atom is -0.379 e. The van der Waals surface area contributed by atoms with E-state index in [4.69, 9.17) is 16.3 Å². The van der Waals surface area contributed by atoms with E-state index in [-0.39, 0.29) is 11.9 Å². The van der Waals surface area contributed by atoms with Crippen molar-refractivity contribution in [2.45, 2.75) is 18.9 Å². The lowest BCUT2D eigenvalue weighted by molar-refractivity contribution is 0.0162. The van der Waals surface area contributed by atoms with Crippen LogP contribution in [0, 0.1) is 0 Å². The van der Waals surface area contributed by atoms with Gasteiger partial charge < -0.3 is 15.0 Å². The summed E-state index contributed by atoms with van der Waals surface area (Å²) in [6, 6.07) is 13.9. The van der Waals surface area contributed by atoms with Crippen LogP contribution in [0.3, 0.4) is 0 Å². The molecule has 2 aliphatic heterocycles. The summed E-state index contributed by atoms with van der Waals surface area (Å²) in [5, 5.41) is 3.76. The first-order valence-corrected chi connectivity index (χ1v) is 10.7.